The zero-order valence-electron chi connectivity index (χ0n) is 16.1. The Labute approximate surface area is 159 Å². The van der Waals surface area contributed by atoms with E-state index in [1.807, 2.05) is 13.8 Å². The SMILES string of the molecule is Cc1noc(C)c1-c1cc(CCCCC2(O)CC2)c2nc(C3CC3)[nH]c2c1. The van der Waals surface area contributed by atoms with Gasteiger partial charge in [-0.1, -0.05) is 11.6 Å². The van der Waals surface area contributed by atoms with Crippen LogP contribution in [0.1, 0.15) is 73.7 Å². The molecule has 142 valence electrons. The molecule has 2 saturated carbocycles. The Kier molecular flexibility index (Phi) is 3.90. The molecule has 0 spiro atoms. The van der Waals surface area contributed by atoms with Crippen molar-refractivity contribution in [1.29, 1.82) is 0 Å². The number of aryl methyl sites for hydroxylation is 3. The van der Waals surface area contributed by atoms with E-state index in [1.165, 1.54) is 18.4 Å². The van der Waals surface area contributed by atoms with Gasteiger partial charge in [-0.2, -0.15) is 0 Å². The number of nitrogens with one attached hydrogen (secondary N) is 1. The summed E-state index contributed by atoms with van der Waals surface area (Å²) >= 11 is 0. The summed E-state index contributed by atoms with van der Waals surface area (Å²) in [6.45, 7) is 3.97. The Balaban J connectivity index is 1.48. The quantitative estimate of drug-likeness (QED) is 0.581. The number of fused-ring (bicyclic) bond motifs is 1. The number of aliphatic hydroxyl groups is 1. The summed E-state index contributed by atoms with van der Waals surface area (Å²) in [6.07, 6.45) is 8.48. The largest absolute Gasteiger partial charge is 0.390 e. The zero-order valence-corrected chi connectivity index (χ0v) is 16.1. The van der Waals surface area contributed by atoms with Crippen LogP contribution in [0.2, 0.25) is 0 Å². The average molecular weight is 365 g/mol. The van der Waals surface area contributed by atoms with E-state index in [1.54, 1.807) is 0 Å². The first kappa shape index (κ1) is 17.0. The van der Waals surface area contributed by atoms with Crippen LogP contribution in [0.3, 0.4) is 0 Å². The summed E-state index contributed by atoms with van der Waals surface area (Å²) < 4.78 is 5.39. The molecule has 2 aliphatic carbocycles. The van der Waals surface area contributed by atoms with Gasteiger partial charge >= 0.3 is 0 Å². The molecule has 0 saturated heterocycles. The molecule has 0 unspecified atom stereocenters. The lowest BCUT2D eigenvalue weighted by Gasteiger charge is -2.09. The van der Waals surface area contributed by atoms with Gasteiger partial charge in [0.2, 0.25) is 0 Å². The van der Waals surface area contributed by atoms with Gasteiger partial charge in [-0.05, 0) is 82.1 Å². The summed E-state index contributed by atoms with van der Waals surface area (Å²) in [4.78, 5) is 8.50. The maximum absolute atomic E-state index is 10.1. The van der Waals surface area contributed by atoms with Gasteiger partial charge in [0.25, 0.3) is 0 Å². The number of benzene rings is 1. The van der Waals surface area contributed by atoms with Gasteiger partial charge in [0.1, 0.15) is 11.6 Å². The Morgan fingerprint density at radius 1 is 1.22 bits per heavy atom. The van der Waals surface area contributed by atoms with Crippen LogP contribution < -0.4 is 0 Å². The van der Waals surface area contributed by atoms with E-state index in [9.17, 15) is 5.11 Å². The zero-order chi connectivity index (χ0) is 18.6. The van der Waals surface area contributed by atoms with E-state index >= 15 is 0 Å². The van der Waals surface area contributed by atoms with Crippen molar-refractivity contribution in [3.63, 3.8) is 0 Å². The average Bonchev–Trinajstić information content (AvgIpc) is 3.55. The lowest BCUT2D eigenvalue weighted by molar-refractivity contribution is 0.136. The smallest absolute Gasteiger partial charge is 0.141 e. The molecule has 2 aliphatic rings. The second kappa shape index (κ2) is 6.20. The lowest BCUT2D eigenvalue weighted by Crippen LogP contribution is -2.05. The molecule has 2 N–H and O–H groups in total. The third kappa shape index (κ3) is 3.29. The predicted molar refractivity (Wildman–Crippen MR) is 105 cm³/mol. The van der Waals surface area contributed by atoms with Crippen LogP contribution in [0, 0.1) is 13.8 Å². The fraction of sp³-hybridized carbons (Fsp3) is 0.545. The van der Waals surface area contributed by atoms with Gasteiger partial charge in [-0.15, -0.1) is 0 Å². The van der Waals surface area contributed by atoms with Crippen LogP contribution in [0.25, 0.3) is 22.2 Å². The first-order valence-electron chi connectivity index (χ1n) is 10.2. The van der Waals surface area contributed by atoms with Crippen molar-refractivity contribution in [2.24, 2.45) is 0 Å². The van der Waals surface area contributed by atoms with Gasteiger partial charge in [-0.25, -0.2) is 4.98 Å². The van der Waals surface area contributed by atoms with Crippen molar-refractivity contribution in [1.82, 2.24) is 15.1 Å². The Morgan fingerprint density at radius 2 is 2.04 bits per heavy atom. The fourth-order valence-corrected chi connectivity index (χ4v) is 4.15. The molecule has 2 fully saturated rings. The van der Waals surface area contributed by atoms with Crippen LogP contribution >= 0.6 is 0 Å². The number of aromatic nitrogens is 3. The topological polar surface area (TPSA) is 74.9 Å². The first-order valence-corrected chi connectivity index (χ1v) is 10.2. The number of unbranched alkanes of at least 4 members (excludes halogenated alkanes) is 1. The summed E-state index contributed by atoms with van der Waals surface area (Å²) in [7, 11) is 0. The molecule has 5 nitrogen and oxygen atoms in total. The van der Waals surface area contributed by atoms with Crippen molar-refractivity contribution in [2.45, 2.75) is 76.7 Å². The Hall–Kier alpha value is -2.14. The molecular weight excluding hydrogens is 338 g/mol. The van der Waals surface area contributed by atoms with E-state index in [2.05, 4.69) is 22.3 Å². The molecule has 2 heterocycles. The maximum atomic E-state index is 10.1. The molecule has 0 radical (unpaired) electrons. The summed E-state index contributed by atoms with van der Waals surface area (Å²) in [5.74, 6) is 2.60. The highest BCUT2D eigenvalue weighted by molar-refractivity contribution is 5.86. The first-order chi connectivity index (χ1) is 13.0. The fourth-order valence-electron chi connectivity index (χ4n) is 4.15. The second-order valence-corrected chi connectivity index (χ2v) is 8.56. The molecule has 0 bridgehead atoms. The number of nitrogens with zero attached hydrogens (tertiary/aromatic N) is 2. The van der Waals surface area contributed by atoms with E-state index in [4.69, 9.17) is 9.51 Å². The van der Waals surface area contributed by atoms with Crippen molar-refractivity contribution in [3.8, 4) is 11.1 Å². The van der Waals surface area contributed by atoms with Crippen LogP contribution in [-0.2, 0) is 6.42 Å². The number of hydrogen-bond acceptors (Lipinski definition) is 4. The molecule has 1 aromatic carbocycles. The minimum absolute atomic E-state index is 0.348. The van der Waals surface area contributed by atoms with E-state index in [-0.39, 0.29) is 5.60 Å². The van der Waals surface area contributed by atoms with E-state index in [0.717, 1.165) is 78.0 Å². The molecule has 2 aromatic heterocycles. The molecule has 0 amide bonds. The van der Waals surface area contributed by atoms with Crippen LogP contribution in [-0.4, -0.2) is 25.8 Å². The van der Waals surface area contributed by atoms with Crippen molar-refractivity contribution in [2.75, 3.05) is 0 Å². The number of aromatic amines is 1. The molecule has 3 aromatic rings. The molecule has 5 rings (SSSR count). The van der Waals surface area contributed by atoms with Gasteiger partial charge in [0.05, 0.1) is 22.3 Å². The number of rotatable bonds is 7. The minimum Gasteiger partial charge on any atom is -0.390 e. The number of imidazole rings is 1. The third-order valence-corrected chi connectivity index (χ3v) is 6.14. The normalized spacial score (nSPS) is 18.3. The highest BCUT2D eigenvalue weighted by atomic mass is 16.5. The summed E-state index contributed by atoms with van der Waals surface area (Å²) in [5, 5.41) is 14.2. The molecule has 5 heteroatoms. The Morgan fingerprint density at radius 3 is 2.70 bits per heavy atom. The molecule has 0 aliphatic heterocycles. The van der Waals surface area contributed by atoms with Gasteiger partial charge in [-0.3, -0.25) is 0 Å². The lowest BCUT2D eigenvalue weighted by atomic mass is 9.97. The van der Waals surface area contributed by atoms with Crippen LogP contribution in [0.4, 0.5) is 0 Å². The van der Waals surface area contributed by atoms with Gasteiger partial charge < -0.3 is 14.6 Å². The van der Waals surface area contributed by atoms with Gasteiger partial charge in [0, 0.05) is 11.5 Å². The summed E-state index contributed by atoms with van der Waals surface area (Å²) in [5.41, 5.74) is 6.33. The third-order valence-electron chi connectivity index (χ3n) is 6.14. The van der Waals surface area contributed by atoms with Crippen molar-refractivity contribution in [3.05, 3.63) is 35.0 Å². The number of hydrogen-bond donors (Lipinski definition) is 2. The van der Waals surface area contributed by atoms with E-state index in [0.29, 0.717) is 5.92 Å². The molecule has 27 heavy (non-hydrogen) atoms. The standard InChI is InChI=1S/C22H27N3O2/c1-13-19(14(2)27-25-13)17-11-16(5-3-4-8-22(26)9-10-22)20-18(12-17)23-21(24-20)15-6-7-15/h11-12,15,26H,3-10H2,1-2H3,(H,23,24). The summed E-state index contributed by atoms with van der Waals surface area (Å²) in [6, 6.07) is 4.45. The maximum Gasteiger partial charge on any atom is 0.141 e. The monoisotopic (exact) mass is 365 g/mol. The van der Waals surface area contributed by atoms with E-state index < -0.39 is 0 Å². The van der Waals surface area contributed by atoms with Crippen molar-refractivity contribution >= 4 is 11.0 Å². The molecule has 0 atom stereocenters. The Bertz CT molecular complexity index is 973. The second-order valence-electron chi connectivity index (χ2n) is 8.56. The highest BCUT2D eigenvalue weighted by Crippen LogP contribution is 2.41. The number of H-pyrrole nitrogens is 1. The van der Waals surface area contributed by atoms with Crippen LogP contribution in [0.15, 0.2) is 16.7 Å². The van der Waals surface area contributed by atoms with Crippen molar-refractivity contribution < 1.29 is 9.63 Å². The predicted octanol–water partition coefficient (Wildman–Crippen LogP) is 4.95. The van der Waals surface area contributed by atoms with Gasteiger partial charge in [0.15, 0.2) is 0 Å². The minimum atomic E-state index is -0.348. The highest BCUT2D eigenvalue weighted by Gasteiger charge is 2.39. The van der Waals surface area contributed by atoms with Crippen LogP contribution in [0.5, 0.6) is 0 Å². The molecular formula is C22H27N3O2.